The molecule has 0 unspecified atom stereocenters. The molecule has 0 aliphatic heterocycles. The lowest BCUT2D eigenvalue weighted by Crippen LogP contribution is -1.89. The van der Waals surface area contributed by atoms with Gasteiger partial charge in [0.15, 0.2) is 11.5 Å². The molecule has 1 aromatic carbocycles. The van der Waals surface area contributed by atoms with E-state index in [4.69, 9.17) is 10.5 Å². The fraction of sp³-hybridized carbons (Fsp3) is 0.100. The molecule has 2 rings (SSSR count). The number of aromatic hydroxyl groups is 1. The Hall–Kier alpha value is -2.17. The summed E-state index contributed by atoms with van der Waals surface area (Å²) in [5.41, 5.74) is 6.92. The van der Waals surface area contributed by atoms with Crippen molar-refractivity contribution in [3.63, 3.8) is 0 Å². The molecule has 78 valence electrons. The van der Waals surface area contributed by atoms with Crippen molar-refractivity contribution in [2.75, 3.05) is 12.8 Å². The van der Waals surface area contributed by atoms with Crippen LogP contribution in [0, 0.1) is 0 Å². The molecule has 0 saturated heterocycles. The van der Waals surface area contributed by atoms with Crippen LogP contribution in [0.15, 0.2) is 24.4 Å². The van der Waals surface area contributed by atoms with Crippen LogP contribution in [0.2, 0.25) is 0 Å². The number of hydrogen-bond acceptors (Lipinski definition) is 4. The van der Waals surface area contributed by atoms with Gasteiger partial charge in [-0.15, -0.1) is 0 Å². The summed E-state index contributed by atoms with van der Waals surface area (Å²) >= 11 is 0. The third-order valence-electron chi connectivity index (χ3n) is 2.18. The van der Waals surface area contributed by atoms with Crippen LogP contribution in [0.1, 0.15) is 0 Å². The van der Waals surface area contributed by atoms with E-state index in [1.165, 1.54) is 7.11 Å². The third-order valence-corrected chi connectivity index (χ3v) is 2.18. The van der Waals surface area contributed by atoms with Crippen LogP contribution in [0.5, 0.6) is 11.5 Å². The second-order valence-electron chi connectivity index (χ2n) is 3.05. The van der Waals surface area contributed by atoms with E-state index >= 15 is 0 Å². The number of methoxy groups -OCH3 is 1. The van der Waals surface area contributed by atoms with Crippen molar-refractivity contribution in [1.82, 2.24) is 10.2 Å². The Labute approximate surface area is 86.5 Å². The van der Waals surface area contributed by atoms with Gasteiger partial charge in [-0.2, -0.15) is 5.10 Å². The molecule has 0 atom stereocenters. The Morgan fingerprint density at radius 3 is 2.80 bits per heavy atom. The zero-order valence-corrected chi connectivity index (χ0v) is 8.19. The monoisotopic (exact) mass is 205 g/mol. The number of phenolic OH excluding ortho intramolecular Hbond substituents is 1. The van der Waals surface area contributed by atoms with Crippen molar-refractivity contribution in [3.05, 3.63) is 24.4 Å². The first-order valence-corrected chi connectivity index (χ1v) is 4.39. The van der Waals surface area contributed by atoms with Crippen LogP contribution in [-0.2, 0) is 0 Å². The zero-order chi connectivity index (χ0) is 10.8. The van der Waals surface area contributed by atoms with Crippen LogP contribution in [-0.4, -0.2) is 22.4 Å². The Kier molecular flexibility index (Phi) is 2.21. The first kappa shape index (κ1) is 9.39. The summed E-state index contributed by atoms with van der Waals surface area (Å²) in [7, 11) is 1.50. The Bertz CT molecular complexity index is 479. The van der Waals surface area contributed by atoms with Crippen molar-refractivity contribution in [2.24, 2.45) is 0 Å². The van der Waals surface area contributed by atoms with Gasteiger partial charge in [-0.05, 0) is 6.07 Å². The van der Waals surface area contributed by atoms with E-state index in [9.17, 15) is 5.11 Å². The number of nitrogens with zero attached hydrogens (tertiary/aromatic N) is 1. The van der Waals surface area contributed by atoms with Crippen LogP contribution in [0.3, 0.4) is 0 Å². The molecule has 4 N–H and O–H groups in total. The highest BCUT2D eigenvalue weighted by molar-refractivity contribution is 5.79. The number of nitrogens with two attached hydrogens (primary N) is 1. The second-order valence-corrected chi connectivity index (χ2v) is 3.05. The number of aromatic amines is 1. The minimum absolute atomic E-state index is 0.0631. The Balaban J connectivity index is 2.59. The van der Waals surface area contributed by atoms with Gasteiger partial charge in [-0.1, -0.05) is 12.1 Å². The number of rotatable bonds is 2. The number of anilines is 1. The molecule has 1 heterocycles. The van der Waals surface area contributed by atoms with Crippen LogP contribution in [0.4, 0.5) is 5.82 Å². The van der Waals surface area contributed by atoms with Crippen molar-refractivity contribution in [2.45, 2.75) is 0 Å². The first-order chi connectivity index (χ1) is 7.24. The first-order valence-electron chi connectivity index (χ1n) is 4.39. The highest BCUT2D eigenvalue weighted by Gasteiger charge is 2.12. The lowest BCUT2D eigenvalue weighted by Gasteiger charge is -2.07. The maximum Gasteiger partial charge on any atom is 0.165 e. The molecule has 1 aromatic heterocycles. The summed E-state index contributed by atoms with van der Waals surface area (Å²) in [6.45, 7) is 0. The molecule has 2 aromatic rings. The van der Waals surface area contributed by atoms with Gasteiger partial charge in [-0.25, -0.2) is 0 Å². The summed E-state index contributed by atoms with van der Waals surface area (Å²) in [6, 6.07) is 5.20. The number of para-hydroxylation sites is 1. The Morgan fingerprint density at radius 2 is 2.20 bits per heavy atom. The molecule has 5 nitrogen and oxygen atoms in total. The minimum atomic E-state index is 0.0631. The van der Waals surface area contributed by atoms with E-state index in [2.05, 4.69) is 10.2 Å². The lowest BCUT2D eigenvalue weighted by molar-refractivity contribution is 0.374. The zero-order valence-electron chi connectivity index (χ0n) is 8.19. The molecule has 0 spiro atoms. The lowest BCUT2D eigenvalue weighted by atomic mass is 10.1. The van der Waals surface area contributed by atoms with Gasteiger partial charge >= 0.3 is 0 Å². The molecule has 0 aliphatic carbocycles. The SMILES string of the molecule is COc1cccc(-c2cn[nH]c2N)c1O. The second kappa shape index (κ2) is 3.53. The van der Waals surface area contributed by atoms with Gasteiger partial charge < -0.3 is 15.6 Å². The quantitative estimate of drug-likeness (QED) is 0.691. The number of nitrogens with one attached hydrogen (secondary N) is 1. The maximum absolute atomic E-state index is 9.86. The molecule has 5 heteroatoms. The van der Waals surface area contributed by atoms with E-state index in [0.717, 1.165) is 0 Å². The van der Waals surface area contributed by atoms with Crippen LogP contribution >= 0.6 is 0 Å². The van der Waals surface area contributed by atoms with Gasteiger partial charge in [0.2, 0.25) is 0 Å². The highest BCUT2D eigenvalue weighted by Crippen LogP contribution is 2.38. The molecule has 0 amide bonds. The fourth-order valence-electron chi connectivity index (χ4n) is 1.42. The van der Waals surface area contributed by atoms with Gasteiger partial charge in [0.1, 0.15) is 5.82 Å². The van der Waals surface area contributed by atoms with Gasteiger partial charge in [-0.3, -0.25) is 5.10 Å². The Morgan fingerprint density at radius 1 is 1.40 bits per heavy atom. The van der Waals surface area contributed by atoms with E-state index in [-0.39, 0.29) is 5.75 Å². The summed E-state index contributed by atoms with van der Waals surface area (Å²) in [5, 5.41) is 16.3. The normalized spacial score (nSPS) is 10.2. The summed E-state index contributed by atoms with van der Waals surface area (Å²) in [5.74, 6) is 0.889. The van der Waals surface area contributed by atoms with Gasteiger partial charge in [0, 0.05) is 11.1 Å². The average Bonchev–Trinajstić information content (AvgIpc) is 2.65. The number of H-pyrrole nitrogens is 1. The number of phenols is 1. The summed E-state index contributed by atoms with van der Waals surface area (Å²) < 4.78 is 5.00. The molecule has 0 aliphatic rings. The standard InChI is InChI=1S/C10H11N3O2/c1-15-8-4-2-3-6(9(8)14)7-5-12-13-10(7)11/h2-5,14H,1H3,(H3,11,12,13). The molecule has 0 radical (unpaired) electrons. The minimum Gasteiger partial charge on any atom is -0.504 e. The molecule has 0 fully saturated rings. The van der Waals surface area contributed by atoms with E-state index in [0.29, 0.717) is 22.7 Å². The predicted octanol–water partition coefficient (Wildman–Crippen LogP) is 1.37. The maximum atomic E-state index is 9.86. The number of hydrogen-bond donors (Lipinski definition) is 3. The fourth-order valence-corrected chi connectivity index (χ4v) is 1.42. The number of benzene rings is 1. The van der Waals surface area contributed by atoms with Crippen molar-refractivity contribution < 1.29 is 9.84 Å². The molecular weight excluding hydrogens is 194 g/mol. The van der Waals surface area contributed by atoms with Crippen molar-refractivity contribution in [3.8, 4) is 22.6 Å². The third kappa shape index (κ3) is 1.48. The molecular formula is C10H11N3O2. The summed E-state index contributed by atoms with van der Waals surface area (Å²) in [6.07, 6.45) is 1.56. The smallest absolute Gasteiger partial charge is 0.165 e. The predicted molar refractivity (Wildman–Crippen MR) is 56.7 cm³/mol. The van der Waals surface area contributed by atoms with Crippen molar-refractivity contribution >= 4 is 5.82 Å². The van der Waals surface area contributed by atoms with Gasteiger partial charge in [0.05, 0.1) is 13.3 Å². The van der Waals surface area contributed by atoms with Crippen molar-refractivity contribution in [1.29, 1.82) is 0 Å². The topological polar surface area (TPSA) is 84.2 Å². The molecule has 0 bridgehead atoms. The van der Waals surface area contributed by atoms with Gasteiger partial charge in [0.25, 0.3) is 0 Å². The highest BCUT2D eigenvalue weighted by atomic mass is 16.5. The largest absolute Gasteiger partial charge is 0.504 e. The van der Waals surface area contributed by atoms with Crippen LogP contribution in [0.25, 0.3) is 11.1 Å². The number of ether oxygens (including phenoxy) is 1. The number of aromatic nitrogens is 2. The molecule has 15 heavy (non-hydrogen) atoms. The van der Waals surface area contributed by atoms with E-state index in [1.54, 1.807) is 24.4 Å². The molecule has 0 saturated carbocycles. The summed E-state index contributed by atoms with van der Waals surface area (Å²) in [4.78, 5) is 0. The van der Waals surface area contributed by atoms with E-state index in [1.807, 2.05) is 0 Å². The average molecular weight is 205 g/mol. The van der Waals surface area contributed by atoms with Crippen LogP contribution < -0.4 is 10.5 Å². The number of nitrogen functional groups attached to an aromatic ring is 1. The van der Waals surface area contributed by atoms with E-state index < -0.39 is 0 Å².